The minimum absolute atomic E-state index is 0.145. The maximum Gasteiger partial charge on any atom is 0.128 e. The van der Waals surface area contributed by atoms with Gasteiger partial charge in [-0.1, -0.05) is 22.0 Å². The minimum atomic E-state index is -0.212. The Balaban J connectivity index is 1.96. The predicted octanol–water partition coefficient (Wildman–Crippen LogP) is 5.31. The summed E-state index contributed by atoms with van der Waals surface area (Å²) in [5.41, 5.74) is 2.50. The van der Waals surface area contributed by atoms with Crippen LogP contribution in [0.4, 0.5) is 10.1 Å². The SMILES string of the molecule is CC(Nc1cccc2ncccc12)c1cc(Br)ccc1F. The normalized spacial score (nSPS) is 12.3. The van der Waals surface area contributed by atoms with Crippen molar-refractivity contribution >= 4 is 32.5 Å². The Kier molecular flexibility index (Phi) is 3.88. The molecule has 0 radical (unpaired) electrons. The van der Waals surface area contributed by atoms with Crippen LogP contribution in [0.2, 0.25) is 0 Å². The van der Waals surface area contributed by atoms with Crippen LogP contribution >= 0.6 is 15.9 Å². The van der Waals surface area contributed by atoms with E-state index in [1.54, 1.807) is 18.3 Å². The monoisotopic (exact) mass is 344 g/mol. The standard InChI is InChI=1S/C17H14BrFN2/c1-11(14-10-12(18)7-8-15(14)19)21-17-6-2-5-16-13(17)4-3-9-20-16/h2-11,21H,1H3. The highest BCUT2D eigenvalue weighted by Crippen LogP contribution is 2.28. The Hall–Kier alpha value is -1.94. The zero-order valence-corrected chi connectivity index (χ0v) is 13.1. The second-order valence-electron chi connectivity index (χ2n) is 4.91. The number of rotatable bonds is 3. The third-order valence-corrected chi connectivity index (χ3v) is 3.94. The second kappa shape index (κ2) is 5.82. The molecule has 3 rings (SSSR count). The number of aromatic nitrogens is 1. The highest BCUT2D eigenvalue weighted by molar-refractivity contribution is 9.10. The molecule has 1 aromatic heterocycles. The summed E-state index contributed by atoms with van der Waals surface area (Å²) < 4.78 is 14.8. The summed E-state index contributed by atoms with van der Waals surface area (Å²) in [7, 11) is 0. The first-order chi connectivity index (χ1) is 10.1. The molecule has 3 aromatic rings. The molecule has 1 unspecified atom stereocenters. The van der Waals surface area contributed by atoms with Gasteiger partial charge in [0.2, 0.25) is 0 Å². The molecule has 1 atom stereocenters. The van der Waals surface area contributed by atoms with Gasteiger partial charge < -0.3 is 5.32 Å². The van der Waals surface area contributed by atoms with E-state index in [1.807, 2.05) is 37.3 Å². The van der Waals surface area contributed by atoms with Gasteiger partial charge >= 0.3 is 0 Å². The Bertz CT molecular complexity index is 783. The topological polar surface area (TPSA) is 24.9 Å². The van der Waals surface area contributed by atoms with E-state index in [2.05, 4.69) is 26.2 Å². The number of hydrogen-bond donors (Lipinski definition) is 1. The summed E-state index contributed by atoms with van der Waals surface area (Å²) in [4.78, 5) is 4.33. The lowest BCUT2D eigenvalue weighted by Gasteiger charge is -2.18. The molecule has 1 heterocycles. The molecule has 0 bridgehead atoms. The molecule has 2 nitrogen and oxygen atoms in total. The second-order valence-corrected chi connectivity index (χ2v) is 5.82. The molecule has 106 valence electrons. The molecule has 21 heavy (non-hydrogen) atoms. The molecule has 0 amide bonds. The largest absolute Gasteiger partial charge is 0.378 e. The number of pyridine rings is 1. The smallest absolute Gasteiger partial charge is 0.128 e. The van der Waals surface area contributed by atoms with Gasteiger partial charge in [0.1, 0.15) is 5.82 Å². The van der Waals surface area contributed by atoms with Gasteiger partial charge in [-0.25, -0.2) is 4.39 Å². The molecular weight excluding hydrogens is 331 g/mol. The van der Waals surface area contributed by atoms with Gasteiger partial charge in [0, 0.05) is 27.3 Å². The number of fused-ring (bicyclic) bond motifs is 1. The maximum absolute atomic E-state index is 14.0. The van der Waals surface area contributed by atoms with Crippen molar-refractivity contribution in [2.24, 2.45) is 0 Å². The van der Waals surface area contributed by atoms with Gasteiger partial charge in [-0.2, -0.15) is 0 Å². The average Bonchev–Trinajstić information content (AvgIpc) is 2.50. The molecule has 0 spiro atoms. The van der Waals surface area contributed by atoms with E-state index in [4.69, 9.17) is 0 Å². The van der Waals surface area contributed by atoms with E-state index >= 15 is 0 Å². The van der Waals surface area contributed by atoms with Crippen molar-refractivity contribution in [1.82, 2.24) is 4.98 Å². The minimum Gasteiger partial charge on any atom is -0.378 e. The first-order valence-corrected chi connectivity index (χ1v) is 7.49. The van der Waals surface area contributed by atoms with E-state index in [9.17, 15) is 4.39 Å². The van der Waals surface area contributed by atoms with Crippen LogP contribution < -0.4 is 5.32 Å². The van der Waals surface area contributed by atoms with Crippen molar-refractivity contribution in [2.45, 2.75) is 13.0 Å². The van der Waals surface area contributed by atoms with Crippen molar-refractivity contribution in [3.63, 3.8) is 0 Å². The number of benzene rings is 2. The van der Waals surface area contributed by atoms with Crippen molar-refractivity contribution in [3.05, 3.63) is 70.6 Å². The molecule has 0 aliphatic heterocycles. The lowest BCUT2D eigenvalue weighted by atomic mass is 10.1. The molecule has 0 fully saturated rings. The first kappa shape index (κ1) is 14.0. The highest BCUT2D eigenvalue weighted by Gasteiger charge is 2.12. The fraction of sp³-hybridized carbons (Fsp3) is 0.118. The van der Waals surface area contributed by atoms with E-state index in [0.717, 1.165) is 21.1 Å². The summed E-state index contributed by atoms with van der Waals surface area (Å²) in [5.74, 6) is -0.212. The van der Waals surface area contributed by atoms with Crippen molar-refractivity contribution in [3.8, 4) is 0 Å². The predicted molar refractivity (Wildman–Crippen MR) is 87.9 cm³/mol. The summed E-state index contributed by atoms with van der Waals surface area (Å²) in [6.07, 6.45) is 1.77. The van der Waals surface area contributed by atoms with Crippen LogP contribution in [0.25, 0.3) is 10.9 Å². The van der Waals surface area contributed by atoms with Crippen LogP contribution in [0.5, 0.6) is 0 Å². The van der Waals surface area contributed by atoms with Gasteiger partial charge in [0.05, 0.1) is 11.6 Å². The van der Waals surface area contributed by atoms with Crippen molar-refractivity contribution < 1.29 is 4.39 Å². The first-order valence-electron chi connectivity index (χ1n) is 6.70. The number of anilines is 1. The Morgan fingerprint density at radius 3 is 2.86 bits per heavy atom. The number of halogens is 2. The Morgan fingerprint density at radius 2 is 2.00 bits per heavy atom. The van der Waals surface area contributed by atoms with Gasteiger partial charge in [0.25, 0.3) is 0 Å². The third-order valence-electron chi connectivity index (χ3n) is 3.44. The maximum atomic E-state index is 14.0. The van der Waals surface area contributed by atoms with Crippen LogP contribution in [0, 0.1) is 5.82 Å². The van der Waals surface area contributed by atoms with Crippen LogP contribution in [0.15, 0.2) is 59.2 Å². The summed E-state index contributed by atoms with van der Waals surface area (Å²) in [6.45, 7) is 1.94. The molecular formula is C17H14BrFN2. The van der Waals surface area contributed by atoms with Crippen molar-refractivity contribution in [2.75, 3.05) is 5.32 Å². The third kappa shape index (κ3) is 2.90. The summed E-state index contributed by atoms with van der Waals surface area (Å²) in [5, 5.41) is 4.40. The highest BCUT2D eigenvalue weighted by atomic mass is 79.9. The fourth-order valence-corrected chi connectivity index (χ4v) is 2.77. The van der Waals surface area contributed by atoms with Gasteiger partial charge in [-0.3, -0.25) is 4.98 Å². The molecule has 0 saturated heterocycles. The van der Waals surface area contributed by atoms with Crippen LogP contribution in [-0.4, -0.2) is 4.98 Å². The molecule has 0 saturated carbocycles. The van der Waals surface area contributed by atoms with E-state index in [1.165, 1.54) is 6.07 Å². The lowest BCUT2D eigenvalue weighted by molar-refractivity contribution is 0.600. The van der Waals surface area contributed by atoms with Crippen LogP contribution in [-0.2, 0) is 0 Å². The van der Waals surface area contributed by atoms with Crippen LogP contribution in [0.1, 0.15) is 18.5 Å². The van der Waals surface area contributed by atoms with Crippen LogP contribution in [0.3, 0.4) is 0 Å². The summed E-state index contributed by atoms with van der Waals surface area (Å²) >= 11 is 3.39. The van der Waals surface area contributed by atoms with Gasteiger partial charge in [-0.05, 0) is 49.4 Å². The van der Waals surface area contributed by atoms with Gasteiger partial charge in [-0.15, -0.1) is 0 Å². The van der Waals surface area contributed by atoms with Crippen molar-refractivity contribution in [1.29, 1.82) is 0 Å². The van der Waals surface area contributed by atoms with E-state index < -0.39 is 0 Å². The summed E-state index contributed by atoms with van der Waals surface area (Å²) in [6, 6.07) is 14.6. The lowest BCUT2D eigenvalue weighted by Crippen LogP contribution is -2.09. The average molecular weight is 345 g/mol. The van der Waals surface area contributed by atoms with Gasteiger partial charge in [0.15, 0.2) is 0 Å². The molecule has 0 aliphatic rings. The zero-order chi connectivity index (χ0) is 14.8. The zero-order valence-electron chi connectivity index (χ0n) is 11.5. The molecule has 1 N–H and O–H groups in total. The number of nitrogens with zero attached hydrogens (tertiary/aromatic N) is 1. The Morgan fingerprint density at radius 1 is 1.14 bits per heavy atom. The molecule has 2 aromatic carbocycles. The fourth-order valence-electron chi connectivity index (χ4n) is 2.39. The van der Waals surface area contributed by atoms with E-state index in [-0.39, 0.29) is 11.9 Å². The quantitative estimate of drug-likeness (QED) is 0.696. The number of nitrogens with one attached hydrogen (secondary N) is 1. The molecule has 0 aliphatic carbocycles. The Labute approximate surface area is 131 Å². The van der Waals surface area contributed by atoms with E-state index in [0.29, 0.717) is 5.56 Å². The number of hydrogen-bond acceptors (Lipinski definition) is 2. The molecule has 4 heteroatoms.